The largest absolute Gasteiger partial charge is 0.495 e. The third-order valence-electron chi connectivity index (χ3n) is 5.59. The summed E-state index contributed by atoms with van der Waals surface area (Å²) in [4.78, 5) is 22.3. The molecule has 3 heterocycles. The van der Waals surface area contributed by atoms with Gasteiger partial charge < -0.3 is 9.47 Å². The molecule has 1 aromatic carbocycles. The number of aryl methyl sites for hydroxylation is 1. The molecular weight excluding hydrogens is 356 g/mol. The van der Waals surface area contributed by atoms with E-state index in [2.05, 4.69) is 9.80 Å². The standard InChI is InChI=1S/C21H28N4O3/c1-4-17-15(2)22-21-24(18-9-5-6-10-19(18)27-3)13-23(14-25(21)20(17)26)12-16-8-7-11-28-16/h5-6,9-10,16H,4,7-8,11-14H2,1-3H3. The van der Waals surface area contributed by atoms with E-state index in [9.17, 15) is 4.79 Å². The Kier molecular flexibility index (Phi) is 5.37. The van der Waals surface area contributed by atoms with E-state index in [1.54, 1.807) is 11.7 Å². The SMILES string of the molecule is CCc1c(C)nc2n(c1=O)CN(CC1CCCO1)CN2c1ccccc1OC. The molecule has 0 spiro atoms. The monoisotopic (exact) mass is 384 g/mol. The van der Waals surface area contributed by atoms with Crippen LogP contribution >= 0.6 is 0 Å². The van der Waals surface area contributed by atoms with Gasteiger partial charge in [-0.1, -0.05) is 19.1 Å². The van der Waals surface area contributed by atoms with E-state index >= 15 is 0 Å². The van der Waals surface area contributed by atoms with Crippen molar-refractivity contribution in [1.29, 1.82) is 0 Å². The number of hydrogen-bond acceptors (Lipinski definition) is 6. The molecule has 7 heteroatoms. The van der Waals surface area contributed by atoms with Crippen LogP contribution in [0.15, 0.2) is 29.1 Å². The van der Waals surface area contributed by atoms with Crippen LogP contribution in [0.2, 0.25) is 0 Å². The van der Waals surface area contributed by atoms with Crippen molar-refractivity contribution < 1.29 is 9.47 Å². The summed E-state index contributed by atoms with van der Waals surface area (Å²) in [7, 11) is 1.67. The zero-order valence-electron chi connectivity index (χ0n) is 16.9. The fourth-order valence-corrected chi connectivity index (χ4v) is 4.16. The highest BCUT2D eigenvalue weighted by molar-refractivity contribution is 5.66. The van der Waals surface area contributed by atoms with Crippen molar-refractivity contribution in [3.8, 4) is 5.75 Å². The number of hydrogen-bond donors (Lipinski definition) is 0. The van der Waals surface area contributed by atoms with E-state index in [1.807, 2.05) is 38.1 Å². The van der Waals surface area contributed by atoms with Crippen LogP contribution < -0.4 is 15.2 Å². The van der Waals surface area contributed by atoms with Gasteiger partial charge in [0.05, 0.1) is 32.2 Å². The van der Waals surface area contributed by atoms with Gasteiger partial charge in [-0.2, -0.15) is 0 Å². The summed E-state index contributed by atoms with van der Waals surface area (Å²) in [6.07, 6.45) is 3.07. The smallest absolute Gasteiger partial charge is 0.259 e. The van der Waals surface area contributed by atoms with Crippen molar-refractivity contribution in [2.75, 3.05) is 31.8 Å². The Labute approximate surface area is 165 Å². The normalized spacial score (nSPS) is 19.7. The van der Waals surface area contributed by atoms with Gasteiger partial charge in [0.2, 0.25) is 5.95 Å². The molecule has 4 rings (SSSR count). The van der Waals surface area contributed by atoms with Gasteiger partial charge >= 0.3 is 0 Å². The summed E-state index contributed by atoms with van der Waals surface area (Å²) in [5, 5.41) is 0. The van der Waals surface area contributed by atoms with Gasteiger partial charge in [0.25, 0.3) is 5.56 Å². The number of methoxy groups -OCH3 is 1. The molecule has 0 aliphatic carbocycles. The van der Waals surface area contributed by atoms with Gasteiger partial charge in [0.15, 0.2) is 0 Å². The second-order valence-corrected chi connectivity index (χ2v) is 7.43. The van der Waals surface area contributed by atoms with E-state index in [1.165, 1.54) is 0 Å². The number of fused-ring (bicyclic) bond motifs is 1. The first kappa shape index (κ1) is 19.0. The maximum Gasteiger partial charge on any atom is 0.259 e. The zero-order valence-corrected chi connectivity index (χ0v) is 16.9. The molecule has 2 aromatic rings. The van der Waals surface area contributed by atoms with Crippen molar-refractivity contribution in [2.24, 2.45) is 0 Å². The fraction of sp³-hybridized carbons (Fsp3) is 0.524. The summed E-state index contributed by atoms with van der Waals surface area (Å²) in [5.74, 6) is 1.44. The Bertz CT molecular complexity index is 905. The van der Waals surface area contributed by atoms with Gasteiger partial charge in [0.1, 0.15) is 5.75 Å². The van der Waals surface area contributed by atoms with Gasteiger partial charge in [-0.3, -0.25) is 19.2 Å². The van der Waals surface area contributed by atoms with Gasteiger partial charge in [-0.25, -0.2) is 4.98 Å². The molecule has 2 aliphatic heterocycles. The third-order valence-corrected chi connectivity index (χ3v) is 5.59. The Morgan fingerprint density at radius 2 is 2.11 bits per heavy atom. The number of para-hydroxylation sites is 2. The van der Waals surface area contributed by atoms with Crippen molar-refractivity contribution in [3.05, 3.63) is 45.9 Å². The molecule has 1 fully saturated rings. The summed E-state index contributed by atoms with van der Waals surface area (Å²) in [6.45, 7) is 6.71. The first-order valence-corrected chi connectivity index (χ1v) is 9.97. The van der Waals surface area contributed by atoms with Gasteiger partial charge in [0, 0.05) is 24.4 Å². The number of aromatic nitrogens is 2. The van der Waals surface area contributed by atoms with Crippen LogP contribution in [0.5, 0.6) is 5.75 Å². The maximum atomic E-state index is 13.2. The third kappa shape index (κ3) is 3.40. The minimum absolute atomic E-state index is 0.0435. The van der Waals surface area contributed by atoms with E-state index in [0.717, 1.165) is 48.7 Å². The minimum atomic E-state index is 0.0435. The Balaban J connectivity index is 1.79. The van der Waals surface area contributed by atoms with Crippen molar-refractivity contribution >= 4 is 11.6 Å². The van der Waals surface area contributed by atoms with Gasteiger partial charge in [-0.05, 0) is 38.3 Å². The molecule has 1 aromatic heterocycles. The fourth-order valence-electron chi connectivity index (χ4n) is 4.16. The van der Waals surface area contributed by atoms with Crippen LogP contribution in [0, 0.1) is 6.92 Å². The number of anilines is 2. The molecule has 1 unspecified atom stereocenters. The average Bonchev–Trinajstić information content (AvgIpc) is 3.21. The van der Waals surface area contributed by atoms with E-state index in [4.69, 9.17) is 14.5 Å². The highest BCUT2D eigenvalue weighted by atomic mass is 16.5. The number of nitrogens with zero attached hydrogens (tertiary/aromatic N) is 4. The second-order valence-electron chi connectivity index (χ2n) is 7.43. The van der Waals surface area contributed by atoms with E-state index < -0.39 is 0 Å². The van der Waals surface area contributed by atoms with Crippen LogP contribution in [-0.2, 0) is 17.8 Å². The lowest BCUT2D eigenvalue weighted by atomic mass is 10.2. The maximum absolute atomic E-state index is 13.2. The molecule has 1 atom stereocenters. The highest BCUT2D eigenvalue weighted by Crippen LogP contribution is 2.34. The number of benzene rings is 1. The zero-order chi connectivity index (χ0) is 19.7. The molecule has 1 saturated heterocycles. The first-order valence-electron chi connectivity index (χ1n) is 9.97. The Morgan fingerprint density at radius 1 is 1.29 bits per heavy atom. The van der Waals surface area contributed by atoms with Crippen LogP contribution in [0.25, 0.3) is 0 Å². The summed E-state index contributed by atoms with van der Waals surface area (Å²) in [6, 6.07) is 7.87. The van der Waals surface area contributed by atoms with E-state index in [0.29, 0.717) is 25.7 Å². The molecule has 7 nitrogen and oxygen atoms in total. The summed E-state index contributed by atoms with van der Waals surface area (Å²) >= 11 is 0. The van der Waals surface area contributed by atoms with Crippen LogP contribution in [0.1, 0.15) is 31.0 Å². The Hall–Kier alpha value is -2.38. The quantitative estimate of drug-likeness (QED) is 0.790. The molecule has 0 amide bonds. The van der Waals surface area contributed by atoms with Crippen LogP contribution in [-0.4, -0.2) is 47.5 Å². The molecular formula is C21H28N4O3. The highest BCUT2D eigenvalue weighted by Gasteiger charge is 2.31. The summed E-state index contributed by atoms with van der Waals surface area (Å²) in [5.41, 5.74) is 2.53. The van der Waals surface area contributed by atoms with E-state index in [-0.39, 0.29) is 11.7 Å². The number of rotatable bonds is 5. The van der Waals surface area contributed by atoms with Gasteiger partial charge in [-0.15, -0.1) is 0 Å². The lowest BCUT2D eigenvalue weighted by Gasteiger charge is -2.39. The van der Waals surface area contributed by atoms with Crippen molar-refractivity contribution in [1.82, 2.24) is 14.5 Å². The molecule has 2 aliphatic rings. The molecule has 28 heavy (non-hydrogen) atoms. The molecule has 0 bridgehead atoms. The molecule has 0 N–H and O–H groups in total. The topological polar surface area (TPSA) is 59.8 Å². The molecule has 0 saturated carbocycles. The van der Waals surface area contributed by atoms with Crippen LogP contribution in [0.4, 0.5) is 11.6 Å². The number of ether oxygens (including phenoxy) is 2. The second kappa shape index (κ2) is 7.93. The van der Waals surface area contributed by atoms with Crippen LogP contribution in [0.3, 0.4) is 0 Å². The summed E-state index contributed by atoms with van der Waals surface area (Å²) < 4.78 is 13.2. The minimum Gasteiger partial charge on any atom is -0.495 e. The molecule has 150 valence electrons. The molecule has 0 radical (unpaired) electrons. The van der Waals surface area contributed by atoms with Crippen molar-refractivity contribution in [3.63, 3.8) is 0 Å². The van der Waals surface area contributed by atoms with Crippen molar-refractivity contribution in [2.45, 2.75) is 45.9 Å². The first-order chi connectivity index (χ1) is 13.6. The predicted molar refractivity (Wildman–Crippen MR) is 108 cm³/mol. The average molecular weight is 384 g/mol. The lowest BCUT2D eigenvalue weighted by molar-refractivity contribution is 0.0583. The predicted octanol–water partition coefficient (Wildman–Crippen LogP) is 2.67. The lowest BCUT2D eigenvalue weighted by Crippen LogP contribution is -2.50. The Morgan fingerprint density at radius 3 is 2.82 bits per heavy atom.